The zero-order valence-electron chi connectivity index (χ0n) is 10.8. The highest BCUT2D eigenvalue weighted by Crippen LogP contribution is 2.29. The van der Waals surface area contributed by atoms with Crippen LogP contribution in [0.4, 0.5) is 18.9 Å². The second-order valence-corrected chi connectivity index (χ2v) is 3.44. The summed E-state index contributed by atoms with van der Waals surface area (Å²) in [5, 5.41) is 14.0. The van der Waals surface area contributed by atoms with Crippen molar-refractivity contribution in [2.45, 2.75) is 20.0 Å². The average Bonchev–Trinajstić information content (AvgIpc) is 2.91. The van der Waals surface area contributed by atoms with Gasteiger partial charge in [0.25, 0.3) is 5.69 Å². The van der Waals surface area contributed by atoms with Crippen LogP contribution in [0, 0.1) is 10.1 Å². The monoisotopic (exact) mass is 287 g/mol. The van der Waals surface area contributed by atoms with Crippen LogP contribution in [-0.2, 0) is 6.18 Å². The largest absolute Gasteiger partial charge is 0.419 e. The molecule has 1 aromatic heterocycles. The summed E-state index contributed by atoms with van der Waals surface area (Å²) >= 11 is 0. The summed E-state index contributed by atoms with van der Waals surface area (Å²) in [6.07, 6.45) is -2.94. The molecule has 2 rings (SSSR count). The van der Waals surface area contributed by atoms with Crippen molar-refractivity contribution in [1.29, 1.82) is 0 Å². The molecule has 0 fully saturated rings. The lowest BCUT2D eigenvalue weighted by atomic mass is 10.3. The van der Waals surface area contributed by atoms with Gasteiger partial charge in [0.2, 0.25) is 0 Å². The lowest BCUT2D eigenvalue weighted by Gasteiger charge is -2.02. The van der Waals surface area contributed by atoms with Gasteiger partial charge in [-0.1, -0.05) is 13.8 Å². The van der Waals surface area contributed by atoms with Crippen molar-refractivity contribution >= 4 is 5.69 Å². The highest BCUT2D eigenvalue weighted by atomic mass is 19.4. The van der Waals surface area contributed by atoms with E-state index in [2.05, 4.69) is 5.10 Å². The number of non-ortho nitro benzene ring substituents is 1. The first kappa shape index (κ1) is 15.7. The van der Waals surface area contributed by atoms with Crippen LogP contribution in [0.2, 0.25) is 0 Å². The molecule has 0 atom stereocenters. The molecule has 0 unspecified atom stereocenters. The number of hydrogen-bond donors (Lipinski definition) is 0. The summed E-state index contributed by atoms with van der Waals surface area (Å²) < 4.78 is 38.0. The van der Waals surface area contributed by atoms with Crippen LogP contribution in [0.25, 0.3) is 5.69 Å². The Morgan fingerprint density at radius 1 is 1.20 bits per heavy atom. The van der Waals surface area contributed by atoms with Crippen molar-refractivity contribution in [3.63, 3.8) is 0 Å². The van der Waals surface area contributed by atoms with Crippen LogP contribution in [0.3, 0.4) is 0 Å². The van der Waals surface area contributed by atoms with E-state index in [1.54, 1.807) is 0 Å². The quantitative estimate of drug-likeness (QED) is 0.623. The second kappa shape index (κ2) is 6.18. The maximum atomic E-state index is 12.3. The molecule has 0 radical (unpaired) electrons. The standard InChI is InChI=1S/C10H6F3N3O2.C2H6/c11-10(12,13)7-5-14-15(6-7)8-1-3-9(4-2-8)16(17)18;1-2/h1-6H;1-2H3. The number of hydrogen-bond acceptors (Lipinski definition) is 3. The minimum Gasteiger partial charge on any atom is -0.258 e. The van der Waals surface area contributed by atoms with Gasteiger partial charge in [0.1, 0.15) is 0 Å². The summed E-state index contributed by atoms with van der Waals surface area (Å²) in [5.41, 5.74) is -0.695. The van der Waals surface area contributed by atoms with E-state index in [0.29, 0.717) is 11.9 Å². The molecule has 0 spiro atoms. The number of alkyl halides is 3. The van der Waals surface area contributed by atoms with Gasteiger partial charge in [-0.2, -0.15) is 18.3 Å². The van der Waals surface area contributed by atoms with Crippen molar-refractivity contribution in [3.05, 3.63) is 52.3 Å². The molecular weight excluding hydrogens is 275 g/mol. The normalized spacial score (nSPS) is 10.7. The molecule has 0 saturated carbocycles. The second-order valence-electron chi connectivity index (χ2n) is 3.44. The number of aromatic nitrogens is 2. The van der Waals surface area contributed by atoms with Gasteiger partial charge >= 0.3 is 6.18 Å². The molecule has 8 heteroatoms. The number of nitro benzene ring substituents is 1. The molecule has 0 N–H and O–H groups in total. The fraction of sp³-hybridized carbons (Fsp3) is 0.250. The molecule has 0 aliphatic rings. The van der Waals surface area contributed by atoms with Gasteiger partial charge in [-0.05, 0) is 12.1 Å². The minimum absolute atomic E-state index is 0.137. The van der Waals surface area contributed by atoms with Crippen LogP contribution < -0.4 is 0 Å². The molecule has 0 aliphatic heterocycles. The number of nitro groups is 1. The number of halogens is 3. The average molecular weight is 287 g/mol. The fourth-order valence-corrected chi connectivity index (χ4v) is 1.34. The summed E-state index contributed by atoms with van der Waals surface area (Å²) in [6, 6.07) is 5.05. The molecule has 108 valence electrons. The van der Waals surface area contributed by atoms with Crippen molar-refractivity contribution in [2.24, 2.45) is 0 Å². The molecule has 1 heterocycles. The highest BCUT2D eigenvalue weighted by molar-refractivity contribution is 5.40. The van der Waals surface area contributed by atoms with Crippen LogP contribution in [0.15, 0.2) is 36.7 Å². The fourth-order valence-electron chi connectivity index (χ4n) is 1.34. The zero-order valence-corrected chi connectivity index (χ0v) is 10.8. The van der Waals surface area contributed by atoms with Gasteiger partial charge in [0, 0.05) is 18.3 Å². The van der Waals surface area contributed by atoms with E-state index < -0.39 is 16.7 Å². The van der Waals surface area contributed by atoms with Crippen molar-refractivity contribution < 1.29 is 18.1 Å². The topological polar surface area (TPSA) is 61.0 Å². The van der Waals surface area contributed by atoms with Crippen LogP contribution >= 0.6 is 0 Å². The Balaban J connectivity index is 0.000000956. The Bertz CT molecular complexity index is 576. The van der Waals surface area contributed by atoms with Gasteiger partial charge in [-0.15, -0.1) is 0 Å². The molecule has 0 aliphatic carbocycles. The Kier molecular flexibility index (Phi) is 4.84. The molecule has 0 amide bonds. The maximum Gasteiger partial charge on any atom is 0.419 e. The molecule has 20 heavy (non-hydrogen) atoms. The molecule has 5 nitrogen and oxygen atoms in total. The van der Waals surface area contributed by atoms with Crippen LogP contribution in [0.5, 0.6) is 0 Å². The Hall–Kier alpha value is -2.38. The highest BCUT2D eigenvalue weighted by Gasteiger charge is 2.32. The number of benzene rings is 1. The third kappa shape index (κ3) is 3.56. The third-order valence-corrected chi connectivity index (χ3v) is 2.23. The number of nitrogens with zero attached hydrogens (tertiary/aromatic N) is 3. The Labute approximate surface area is 112 Å². The predicted molar refractivity (Wildman–Crippen MR) is 66.6 cm³/mol. The van der Waals surface area contributed by atoms with Gasteiger partial charge in [-0.3, -0.25) is 10.1 Å². The smallest absolute Gasteiger partial charge is 0.258 e. The Morgan fingerprint density at radius 3 is 2.15 bits per heavy atom. The third-order valence-electron chi connectivity index (χ3n) is 2.23. The SMILES string of the molecule is CC.O=[N+]([O-])c1ccc(-n2cc(C(F)(F)F)cn2)cc1. The molecular formula is C12H12F3N3O2. The van der Waals surface area contributed by atoms with E-state index in [9.17, 15) is 23.3 Å². The first-order valence-corrected chi connectivity index (χ1v) is 5.74. The number of rotatable bonds is 2. The van der Waals surface area contributed by atoms with Gasteiger partial charge in [0.05, 0.1) is 22.4 Å². The zero-order chi connectivity index (χ0) is 15.3. The van der Waals surface area contributed by atoms with E-state index in [0.717, 1.165) is 10.9 Å². The van der Waals surface area contributed by atoms with Crippen molar-refractivity contribution in [2.75, 3.05) is 0 Å². The predicted octanol–water partition coefficient (Wildman–Crippen LogP) is 3.83. The van der Waals surface area contributed by atoms with Crippen molar-refractivity contribution in [1.82, 2.24) is 9.78 Å². The first-order valence-electron chi connectivity index (χ1n) is 5.74. The maximum absolute atomic E-state index is 12.3. The summed E-state index contributed by atoms with van der Waals surface area (Å²) in [6.45, 7) is 4.00. The molecule has 0 saturated heterocycles. The lowest BCUT2D eigenvalue weighted by molar-refractivity contribution is -0.384. The van der Waals surface area contributed by atoms with E-state index >= 15 is 0 Å². The van der Waals surface area contributed by atoms with E-state index in [1.165, 1.54) is 24.3 Å². The minimum atomic E-state index is -4.46. The van der Waals surface area contributed by atoms with E-state index in [1.807, 2.05) is 13.8 Å². The Morgan fingerprint density at radius 2 is 1.75 bits per heavy atom. The molecule has 1 aromatic carbocycles. The summed E-state index contributed by atoms with van der Waals surface area (Å²) in [4.78, 5) is 9.83. The summed E-state index contributed by atoms with van der Waals surface area (Å²) in [7, 11) is 0. The lowest BCUT2D eigenvalue weighted by Crippen LogP contribution is -2.03. The molecule has 2 aromatic rings. The first-order chi connectivity index (χ1) is 9.38. The van der Waals surface area contributed by atoms with E-state index in [4.69, 9.17) is 0 Å². The van der Waals surface area contributed by atoms with Gasteiger partial charge < -0.3 is 0 Å². The summed E-state index contributed by atoms with van der Waals surface area (Å²) in [5.74, 6) is 0. The molecule has 0 bridgehead atoms. The van der Waals surface area contributed by atoms with Crippen molar-refractivity contribution in [3.8, 4) is 5.69 Å². The van der Waals surface area contributed by atoms with Gasteiger partial charge in [0.15, 0.2) is 0 Å². The van der Waals surface area contributed by atoms with Crippen LogP contribution in [-0.4, -0.2) is 14.7 Å². The van der Waals surface area contributed by atoms with Crippen LogP contribution in [0.1, 0.15) is 19.4 Å². The van der Waals surface area contributed by atoms with Gasteiger partial charge in [-0.25, -0.2) is 4.68 Å². The van der Waals surface area contributed by atoms with E-state index in [-0.39, 0.29) is 5.69 Å².